The summed E-state index contributed by atoms with van der Waals surface area (Å²) < 4.78 is 0. The SMILES string of the molecule is CC.Cc1cc(CCCN)cc(Cl)c1Cl. The first-order valence-corrected chi connectivity index (χ1v) is 6.05. The summed E-state index contributed by atoms with van der Waals surface area (Å²) in [6.45, 7) is 6.67. The molecule has 1 aromatic rings. The van der Waals surface area contributed by atoms with Crippen LogP contribution in [0.4, 0.5) is 0 Å². The van der Waals surface area contributed by atoms with E-state index in [1.807, 2.05) is 26.8 Å². The minimum Gasteiger partial charge on any atom is -0.330 e. The number of hydrogen-bond donors (Lipinski definition) is 1. The van der Waals surface area contributed by atoms with E-state index >= 15 is 0 Å². The lowest BCUT2D eigenvalue weighted by molar-refractivity contribution is 0.832. The van der Waals surface area contributed by atoms with Crippen LogP contribution < -0.4 is 5.73 Å². The Labute approximate surface area is 103 Å². The zero-order chi connectivity index (χ0) is 11.8. The summed E-state index contributed by atoms with van der Waals surface area (Å²) in [5.74, 6) is 0. The second-order valence-electron chi connectivity index (χ2n) is 3.10. The molecule has 0 spiro atoms. The lowest BCUT2D eigenvalue weighted by Crippen LogP contribution is -2.00. The van der Waals surface area contributed by atoms with Gasteiger partial charge >= 0.3 is 0 Å². The summed E-state index contributed by atoms with van der Waals surface area (Å²) in [7, 11) is 0. The van der Waals surface area contributed by atoms with Gasteiger partial charge in [-0.2, -0.15) is 0 Å². The molecule has 3 heteroatoms. The summed E-state index contributed by atoms with van der Waals surface area (Å²) in [5.41, 5.74) is 7.66. The van der Waals surface area contributed by atoms with Crippen molar-refractivity contribution in [2.45, 2.75) is 33.6 Å². The molecule has 15 heavy (non-hydrogen) atoms. The Morgan fingerprint density at radius 2 is 1.80 bits per heavy atom. The van der Waals surface area contributed by atoms with Crippen molar-refractivity contribution in [1.82, 2.24) is 0 Å². The van der Waals surface area contributed by atoms with Crippen molar-refractivity contribution in [1.29, 1.82) is 0 Å². The van der Waals surface area contributed by atoms with Gasteiger partial charge < -0.3 is 5.73 Å². The van der Waals surface area contributed by atoms with Crippen molar-refractivity contribution in [3.05, 3.63) is 33.3 Å². The van der Waals surface area contributed by atoms with E-state index in [4.69, 9.17) is 28.9 Å². The molecule has 0 fully saturated rings. The Balaban J connectivity index is 0.000000921. The average molecular weight is 248 g/mol. The van der Waals surface area contributed by atoms with Gasteiger partial charge in [-0.15, -0.1) is 0 Å². The fourth-order valence-electron chi connectivity index (χ4n) is 1.25. The second kappa shape index (κ2) is 7.98. The van der Waals surface area contributed by atoms with E-state index in [9.17, 15) is 0 Å². The van der Waals surface area contributed by atoms with Gasteiger partial charge in [0.1, 0.15) is 0 Å². The summed E-state index contributed by atoms with van der Waals surface area (Å²) in [5, 5.41) is 1.28. The minimum atomic E-state index is 0.633. The Morgan fingerprint density at radius 1 is 1.20 bits per heavy atom. The van der Waals surface area contributed by atoms with E-state index in [2.05, 4.69) is 6.07 Å². The molecule has 0 atom stereocenters. The topological polar surface area (TPSA) is 26.0 Å². The minimum absolute atomic E-state index is 0.633. The van der Waals surface area contributed by atoms with Crippen molar-refractivity contribution in [3.63, 3.8) is 0 Å². The van der Waals surface area contributed by atoms with Crippen LogP contribution in [0.5, 0.6) is 0 Å². The molecule has 0 aromatic heterocycles. The van der Waals surface area contributed by atoms with Crippen LogP contribution in [0.25, 0.3) is 0 Å². The molecule has 0 aliphatic rings. The number of aryl methyl sites for hydroxylation is 2. The summed E-state index contributed by atoms with van der Waals surface area (Å²) >= 11 is 11.9. The highest BCUT2D eigenvalue weighted by Crippen LogP contribution is 2.27. The molecule has 1 aromatic carbocycles. The number of benzene rings is 1. The molecule has 2 N–H and O–H groups in total. The van der Waals surface area contributed by atoms with Crippen molar-refractivity contribution in [2.24, 2.45) is 5.73 Å². The molecule has 0 saturated carbocycles. The van der Waals surface area contributed by atoms with E-state index in [-0.39, 0.29) is 0 Å². The zero-order valence-corrected chi connectivity index (χ0v) is 11.1. The monoisotopic (exact) mass is 247 g/mol. The maximum atomic E-state index is 5.93. The molecule has 0 unspecified atom stereocenters. The standard InChI is InChI=1S/C10H13Cl2N.C2H6/c1-7-5-8(3-2-4-13)6-9(11)10(7)12;1-2/h5-6H,2-4,13H2,1H3;1-2H3. The van der Waals surface area contributed by atoms with E-state index in [0.717, 1.165) is 18.4 Å². The van der Waals surface area contributed by atoms with E-state index < -0.39 is 0 Å². The van der Waals surface area contributed by atoms with Gasteiger partial charge in [0.2, 0.25) is 0 Å². The Hall–Kier alpha value is -0.240. The molecular weight excluding hydrogens is 229 g/mol. The normalized spacial score (nSPS) is 9.47. The van der Waals surface area contributed by atoms with Gasteiger partial charge in [0.25, 0.3) is 0 Å². The molecule has 0 radical (unpaired) electrons. The van der Waals surface area contributed by atoms with Crippen molar-refractivity contribution in [2.75, 3.05) is 6.54 Å². The maximum absolute atomic E-state index is 5.93. The van der Waals surface area contributed by atoms with Crippen LogP contribution in [0.3, 0.4) is 0 Å². The van der Waals surface area contributed by atoms with Gasteiger partial charge in [-0.25, -0.2) is 0 Å². The third kappa shape index (κ3) is 4.87. The third-order valence-corrected chi connectivity index (χ3v) is 2.84. The lowest BCUT2D eigenvalue weighted by atomic mass is 10.1. The number of nitrogens with two attached hydrogens (primary N) is 1. The summed E-state index contributed by atoms with van der Waals surface area (Å²) in [6.07, 6.45) is 1.95. The lowest BCUT2D eigenvalue weighted by Gasteiger charge is -2.05. The highest BCUT2D eigenvalue weighted by molar-refractivity contribution is 6.42. The molecular formula is C12H19Cl2N. The second-order valence-corrected chi connectivity index (χ2v) is 3.89. The van der Waals surface area contributed by atoms with E-state index in [1.165, 1.54) is 5.56 Å². The predicted molar refractivity (Wildman–Crippen MR) is 69.9 cm³/mol. The number of rotatable bonds is 3. The maximum Gasteiger partial charge on any atom is 0.0621 e. The quantitative estimate of drug-likeness (QED) is 0.851. The van der Waals surface area contributed by atoms with Crippen LogP contribution in [-0.4, -0.2) is 6.54 Å². The highest BCUT2D eigenvalue weighted by Gasteiger charge is 2.03. The average Bonchev–Trinajstić information content (AvgIpc) is 2.25. The van der Waals surface area contributed by atoms with Gasteiger partial charge in [-0.05, 0) is 43.5 Å². The summed E-state index contributed by atoms with van der Waals surface area (Å²) in [6, 6.07) is 3.97. The largest absolute Gasteiger partial charge is 0.330 e. The van der Waals surface area contributed by atoms with Crippen LogP contribution in [0.1, 0.15) is 31.4 Å². The first-order chi connectivity index (χ1) is 7.15. The van der Waals surface area contributed by atoms with E-state index in [1.54, 1.807) is 0 Å². The van der Waals surface area contributed by atoms with Crippen molar-refractivity contribution >= 4 is 23.2 Å². The number of hydrogen-bond acceptors (Lipinski definition) is 1. The van der Waals surface area contributed by atoms with Gasteiger partial charge in [-0.3, -0.25) is 0 Å². The number of halogens is 2. The van der Waals surface area contributed by atoms with Gasteiger partial charge in [0.15, 0.2) is 0 Å². The first-order valence-electron chi connectivity index (χ1n) is 5.29. The van der Waals surface area contributed by atoms with Crippen LogP contribution in [0, 0.1) is 6.92 Å². The van der Waals surface area contributed by atoms with E-state index in [0.29, 0.717) is 16.6 Å². The molecule has 86 valence electrons. The molecule has 1 nitrogen and oxygen atoms in total. The van der Waals surface area contributed by atoms with Crippen LogP contribution >= 0.6 is 23.2 Å². The summed E-state index contributed by atoms with van der Waals surface area (Å²) in [4.78, 5) is 0. The van der Waals surface area contributed by atoms with Crippen molar-refractivity contribution in [3.8, 4) is 0 Å². The molecule has 0 heterocycles. The van der Waals surface area contributed by atoms with Crippen LogP contribution in [0.2, 0.25) is 10.0 Å². The molecule has 1 rings (SSSR count). The van der Waals surface area contributed by atoms with Crippen LogP contribution in [0.15, 0.2) is 12.1 Å². The molecule has 0 saturated heterocycles. The molecule has 0 aliphatic carbocycles. The van der Waals surface area contributed by atoms with Gasteiger partial charge in [0, 0.05) is 0 Å². The fraction of sp³-hybridized carbons (Fsp3) is 0.500. The highest BCUT2D eigenvalue weighted by atomic mass is 35.5. The van der Waals surface area contributed by atoms with Gasteiger partial charge in [0.05, 0.1) is 10.0 Å². The Bertz CT molecular complexity index is 275. The molecule has 0 bridgehead atoms. The molecule has 0 aliphatic heterocycles. The Morgan fingerprint density at radius 3 is 2.27 bits per heavy atom. The predicted octanol–water partition coefficient (Wildman–Crippen LogP) is 4.22. The first kappa shape index (κ1) is 14.8. The van der Waals surface area contributed by atoms with Crippen LogP contribution in [-0.2, 0) is 6.42 Å². The van der Waals surface area contributed by atoms with Crippen molar-refractivity contribution < 1.29 is 0 Å². The Kier molecular flexibility index (Phi) is 7.85. The third-order valence-electron chi connectivity index (χ3n) is 1.94. The fourth-order valence-corrected chi connectivity index (χ4v) is 1.65. The smallest absolute Gasteiger partial charge is 0.0621 e. The molecule has 0 amide bonds. The van der Waals surface area contributed by atoms with Gasteiger partial charge in [-0.1, -0.05) is 43.1 Å². The zero-order valence-electron chi connectivity index (χ0n) is 9.61.